The second-order valence-electron chi connectivity index (χ2n) is 12.0. The predicted octanol–water partition coefficient (Wildman–Crippen LogP) is 3.55. The molecule has 2 saturated heterocycles. The maximum atomic E-state index is 13.5. The third-order valence-corrected chi connectivity index (χ3v) is 7.68. The van der Waals surface area contributed by atoms with E-state index >= 15 is 0 Å². The summed E-state index contributed by atoms with van der Waals surface area (Å²) in [5.74, 6) is 0.569. The number of carbonyl (C=O) groups excluding carboxylic acids is 3. The summed E-state index contributed by atoms with van der Waals surface area (Å²) in [5.41, 5.74) is 1.70. The summed E-state index contributed by atoms with van der Waals surface area (Å²) >= 11 is 0. The third-order valence-electron chi connectivity index (χ3n) is 7.68. The Morgan fingerprint density at radius 2 is 1.52 bits per heavy atom. The van der Waals surface area contributed by atoms with Crippen molar-refractivity contribution in [1.29, 1.82) is 0 Å². The highest BCUT2D eigenvalue weighted by molar-refractivity contribution is 5.94. The summed E-state index contributed by atoms with van der Waals surface area (Å²) in [7, 11) is 1.66. The average molecular weight is 550 g/mol. The number of piperidine rings is 1. The number of methoxy groups -OCH3 is 1. The summed E-state index contributed by atoms with van der Waals surface area (Å²) in [4.78, 5) is 52.9. The fraction of sp³-hybridized carbons (Fsp3) is 0.567. The van der Waals surface area contributed by atoms with Crippen LogP contribution in [0.3, 0.4) is 0 Å². The quantitative estimate of drug-likeness (QED) is 0.520. The number of amides is 3. The number of benzene rings is 1. The lowest BCUT2D eigenvalue weighted by atomic mass is 10.0. The van der Waals surface area contributed by atoms with Crippen molar-refractivity contribution in [3.63, 3.8) is 0 Å². The van der Waals surface area contributed by atoms with Gasteiger partial charge in [-0.1, -0.05) is 24.3 Å². The standard InChI is InChI=1S/C30H39N5O5/c1-30(2,3)40-29(38)33-13-11-24(12-14-33)35(23-9-10-23)28(37)22-16-31-27(32-17-22)21-7-5-20(6-8-21)15-26(36)34-18-25(19-34)39-4/h5-8,16-17,23-25H,9-15,18-19H2,1-4H3. The molecule has 214 valence electrons. The lowest BCUT2D eigenvalue weighted by Gasteiger charge is -2.39. The monoisotopic (exact) mass is 549 g/mol. The molecular formula is C30H39N5O5. The highest BCUT2D eigenvalue weighted by Gasteiger charge is 2.40. The van der Waals surface area contributed by atoms with Crippen molar-refractivity contribution in [2.24, 2.45) is 0 Å². The van der Waals surface area contributed by atoms with Gasteiger partial charge in [0.25, 0.3) is 5.91 Å². The molecule has 3 fully saturated rings. The number of carbonyl (C=O) groups is 3. The third kappa shape index (κ3) is 6.60. The Labute approximate surface area is 235 Å². The lowest BCUT2D eigenvalue weighted by molar-refractivity contribution is -0.142. The molecule has 3 amide bonds. The molecule has 0 N–H and O–H groups in total. The van der Waals surface area contributed by atoms with E-state index < -0.39 is 5.60 Å². The van der Waals surface area contributed by atoms with Gasteiger partial charge in [-0.15, -0.1) is 0 Å². The molecule has 0 unspecified atom stereocenters. The van der Waals surface area contributed by atoms with Crippen molar-refractivity contribution >= 4 is 17.9 Å². The fourth-order valence-electron chi connectivity index (χ4n) is 5.22. The minimum absolute atomic E-state index is 0.0552. The highest BCUT2D eigenvalue weighted by Crippen LogP contribution is 2.33. The van der Waals surface area contributed by atoms with Crippen molar-refractivity contribution in [2.45, 2.75) is 76.7 Å². The maximum absolute atomic E-state index is 13.5. The zero-order valence-corrected chi connectivity index (χ0v) is 23.8. The fourth-order valence-corrected chi connectivity index (χ4v) is 5.22. The van der Waals surface area contributed by atoms with Crippen molar-refractivity contribution in [1.82, 2.24) is 24.7 Å². The van der Waals surface area contributed by atoms with Crippen LogP contribution in [0.1, 0.15) is 62.4 Å². The Hall–Kier alpha value is -3.53. The van der Waals surface area contributed by atoms with E-state index in [9.17, 15) is 14.4 Å². The summed E-state index contributed by atoms with van der Waals surface area (Å²) < 4.78 is 10.8. The van der Waals surface area contributed by atoms with Crippen molar-refractivity contribution in [2.75, 3.05) is 33.3 Å². The van der Waals surface area contributed by atoms with Gasteiger partial charge in [0.1, 0.15) is 5.60 Å². The first-order valence-electron chi connectivity index (χ1n) is 14.1. The Morgan fingerprint density at radius 3 is 2.08 bits per heavy atom. The van der Waals surface area contributed by atoms with E-state index in [1.54, 1.807) is 29.3 Å². The molecule has 40 heavy (non-hydrogen) atoms. The first-order valence-corrected chi connectivity index (χ1v) is 14.1. The Balaban J connectivity index is 1.17. The normalized spacial score (nSPS) is 18.3. The van der Waals surface area contributed by atoms with Gasteiger partial charge in [0.2, 0.25) is 5.91 Å². The maximum Gasteiger partial charge on any atom is 0.410 e. The van der Waals surface area contributed by atoms with Gasteiger partial charge in [-0.05, 0) is 52.0 Å². The molecule has 1 aromatic carbocycles. The molecule has 1 aromatic heterocycles. The summed E-state index contributed by atoms with van der Waals surface area (Å²) in [5, 5.41) is 0. The van der Waals surface area contributed by atoms with Gasteiger partial charge in [-0.2, -0.15) is 0 Å². The minimum Gasteiger partial charge on any atom is -0.444 e. The number of hydrogen-bond acceptors (Lipinski definition) is 7. The van der Waals surface area contributed by atoms with Gasteiger partial charge in [0.05, 0.1) is 18.1 Å². The molecule has 10 heteroatoms. The number of rotatable bonds is 7. The largest absolute Gasteiger partial charge is 0.444 e. The number of aromatic nitrogens is 2. The average Bonchev–Trinajstić information content (AvgIpc) is 3.73. The van der Waals surface area contributed by atoms with Crippen LogP contribution in [0.25, 0.3) is 11.4 Å². The van der Waals surface area contributed by atoms with Crippen LogP contribution in [0.2, 0.25) is 0 Å². The van der Waals surface area contributed by atoms with Crippen molar-refractivity contribution in [3.05, 3.63) is 47.8 Å². The van der Waals surface area contributed by atoms with Crippen LogP contribution in [0.5, 0.6) is 0 Å². The van der Waals surface area contributed by atoms with Crippen LogP contribution in [-0.2, 0) is 20.7 Å². The highest BCUT2D eigenvalue weighted by atomic mass is 16.6. The van der Waals surface area contributed by atoms with Crippen LogP contribution in [-0.4, -0.2) is 99.7 Å². The van der Waals surface area contributed by atoms with E-state index in [0.717, 1.165) is 36.8 Å². The Bertz CT molecular complexity index is 1210. The Morgan fingerprint density at radius 1 is 0.925 bits per heavy atom. The summed E-state index contributed by atoms with van der Waals surface area (Å²) in [6, 6.07) is 7.95. The molecule has 1 aliphatic carbocycles. The van der Waals surface area contributed by atoms with Crippen molar-refractivity contribution < 1.29 is 23.9 Å². The molecule has 3 aliphatic rings. The topological polar surface area (TPSA) is 105 Å². The van der Waals surface area contributed by atoms with E-state index in [2.05, 4.69) is 9.97 Å². The van der Waals surface area contributed by atoms with E-state index in [4.69, 9.17) is 9.47 Å². The van der Waals surface area contributed by atoms with E-state index in [-0.39, 0.29) is 36.1 Å². The molecule has 5 rings (SSSR count). The Kier molecular flexibility index (Phi) is 8.07. The van der Waals surface area contributed by atoms with Gasteiger partial charge in [-0.25, -0.2) is 14.8 Å². The molecule has 10 nitrogen and oxygen atoms in total. The number of ether oxygens (including phenoxy) is 2. The van der Waals surface area contributed by atoms with Gasteiger partial charge >= 0.3 is 6.09 Å². The molecular weight excluding hydrogens is 510 g/mol. The first-order chi connectivity index (χ1) is 19.1. The van der Waals surface area contributed by atoms with E-state index in [1.807, 2.05) is 49.9 Å². The predicted molar refractivity (Wildman–Crippen MR) is 149 cm³/mol. The molecule has 3 heterocycles. The smallest absolute Gasteiger partial charge is 0.410 e. The van der Waals surface area contributed by atoms with Gasteiger partial charge in [-0.3, -0.25) is 9.59 Å². The van der Waals surface area contributed by atoms with Crippen LogP contribution >= 0.6 is 0 Å². The van der Waals surface area contributed by atoms with Gasteiger partial charge < -0.3 is 24.2 Å². The zero-order chi connectivity index (χ0) is 28.4. The van der Waals surface area contributed by atoms with Crippen LogP contribution in [0, 0.1) is 0 Å². The van der Waals surface area contributed by atoms with Gasteiger partial charge in [0.15, 0.2) is 5.82 Å². The molecule has 0 atom stereocenters. The second kappa shape index (κ2) is 11.5. The summed E-state index contributed by atoms with van der Waals surface area (Å²) in [6.07, 6.45) is 6.83. The van der Waals surface area contributed by atoms with Crippen molar-refractivity contribution in [3.8, 4) is 11.4 Å². The van der Waals surface area contributed by atoms with Crippen LogP contribution in [0.15, 0.2) is 36.7 Å². The van der Waals surface area contributed by atoms with Crippen LogP contribution in [0.4, 0.5) is 4.79 Å². The van der Waals surface area contributed by atoms with Crippen LogP contribution < -0.4 is 0 Å². The SMILES string of the molecule is COC1CN(C(=O)Cc2ccc(-c3ncc(C(=O)N(C4CC4)C4CCN(C(=O)OC(C)(C)C)CC4)cn3)cc2)C1. The second-order valence-corrected chi connectivity index (χ2v) is 12.0. The molecule has 0 bridgehead atoms. The molecule has 2 aromatic rings. The number of hydrogen-bond donors (Lipinski definition) is 0. The molecule has 2 aliphatic heterocycles. The van der Waals surface area contributed by atoms with E-state index in [1.165, 1.54) is 0 Å². The zero-order valence-electron chi connectivity index (χ0n) is 23.8. The minimum atomic E-state index is -0.528. The number of nitrogens with zero attached hydrogens (tertiary/aromatic N) is 5. The first kappa shape index (κ1) is 28.0. The lowest BCUT2D eigenvalue weighted by Crippen LogP contribution is -2.54. The van der Waals surface area contributed by atoms with E-state index in [0.29, 0.717) is 44.0 Å². The summed E-state index contributed by atoms with van der Waals surface area (Å²) in [6.45, 7) is 8.03. The van der Waals surface area contributed by atoms with Gasteiger partial charge in [0, 0.05) is 63.3 Å². The molecule has 0 radical (unpaired) electrons. The number of likely N-dealkylation sites (tertiary alicyclic amines) is 2. The molecule has 0 spiro atoms. The molecule has 1 saturated carbocycles.